The Morgan fingerprint density at radius 3 is 2.38 bits per heavy atom. The summed E-state index contributed by atoms with van der Waals surface area (Å²) in [4.78, 5) is 11.1. The Bertz CT molecular complexity index is 642. The first-order valence-electron chi connectivity index (χ1n) is 6.19. The first-order valence-corrected chi connectivity index (χ1v) is 8.47. The summed E-state index contributed by atoms with van der Waals surface area (Å²) in [6.07, 6.45) is 0. The third-order valence-electron chi connectivity index (χ3n) is 2.95. The van der Waals surface area contributed by atoms with E-state index in [1.807, 2.05) is 0 Å². The average molecular weight is 380 g/mol. The van der Waals surface area contributed by atoms with Gasteiger partial charge in [-0.1, -0.05) is 29.8 Å². The lowest BCUT2D eigenvalue weighted by Crippen LogP contribution is -2.44. The fraction of sp³-hybridized carbons (Fsp3) is 0.462. The van der Waals surface area contributed by atoms with Gasteiger partial charge in [0, 0.05) is 4.47 Å². The van der Waals surface area contributed by atoms with Crippen molar-refractivity contribution in [2.75, 3.05) is 7.11 Å². The predicted octanol–water partition coefficient (Wildman–Crippen LogP) is 2.15. The SMILES string of the molecule is COc1cc(C)c(Br)cc1S(=O)(=O)N[C@H](C(=O)O)C(C)C. The number of hydrogen-bond donors (Lipinski definition) is 2. The number of nitrogens with one attached hydrogen (secondary N) is 1. The number of ether oxygens (including phenoxy) is 1. The van der Waals surface area contributed by atoms with E-state index in [4.69, 9.17) is 9.84 Å². The molecule has 1 rings (SSSR count). The summed E-state index contributed by atoms with van der Waals surface area (Å²) in [5, 5.41) is 9.11. The molecule has 0 saturated heterocycles. The molecule has 0 aliphatic rings. The molecule has 0 fully saturated rings. The van der Waals surface area contributed by atoms with Gasteiger partial charge in [-0.3, -0.25) is 4.79 Å². The van der Waals surface area contributed by atoms with Gasteiger partial charge in [-0.15, -0.1) is 0 Å². The molecule has 1 atom stereocenters. The second kappa shape index (κ2) is 6.76. The Morgan fingerprint density at radius 2 is 1.95 bits per heavy atom. The molecular weight excluding hydrogens is 362 g/mol. The maximum atomic E-state index is 12.4. The number of sulfonamides is 1. The number of carboxylic acid groups (broad SMARTS) is 1. The van der Waals surface area contributed by atoms with E-state index in [-0.39, 0.29) is 10.6 Å². The van der Waals surface area contributed by atoms with Crippen LogP contribution in [0.2, 0.25) is 0 Å². The zero-order chi connectivity index (χ0) is 16.4. The van der Waals surface area contributed by atoms with Crippen LogP contribution in [0, 0.1) is 12.8 Å². The van der Waals surface area contributed by atoms with Crippen LogP contribution in [0.5, 0.6) is 5.75 Å². The lowest BCUT2D eigenvalue weighted by molar-refractivity contribution is -0.140. The molecule has 0 saturated carbocycles. The smallest absolute Gasteiger partial charge is 0.322 e. The highest BCUT2D eigenvalue weighted by atomic mass is 79.9. The number of methoxy groups -OCH3 is 1. The Balaban J connectivity index is 3.31. The number of halogens is 1. The van der Waals surface area contributed by atoms with E-state index < -0.39 is 28.0 Å². The van der Waals surface area contributed by atoms with Crippen LogP contribution in [-0.2, 0) is 14.8 Å². The van der Waals surface area contributed by atoms with Crippen molar-refractivity contribution in [2.45, 2.75) is 31.7 Å². The maximum absolute atomic E-state index is 12.4. The molecule has 0 bridgehead atoms. The molecule has 118 valence electrons. The number of rotatable bonds is 6. The fourth-order valence-electron chi connectivity index (χ4n) is 1.71. The van der Waals surface area contributed by atoms with Crippen molar-refractivity contribution < 1.29 is 23.1 Å². The summed E-state index contributed by atoms with van der Waals surface area (Å²) in [7, 11) is -2.66. The van der Waals surface area contributed by atoms with Gasteiger partial charge in [0.25, 0.3) is 0 Å². The van der Waals surface area contributed by atoms with Crippen molar-refractivity contribution in [3.05, 3.63) is 22.2 Å². The standard InChI is InChI=1S/C13H18BrNO5S/c1-7(2)12(13(16)17)15-21(18,19)11-6-9(14)8(3)5-10(11)20-4/h5-7,12,15H,1-4H3,(H,16,17)/t12-/m0/s1. The van der Waals surface area contributed by atoms with Gasteiger partial charge in [0.05, 0.1) is 7.11 Å². The van der Waals surface area contributed by atoms with Crippen molar-refractivity contribution in [1.82, 2.24) is 4.72 Å². The summed E-state index contributed by atoms with van der Waals surface area (Å²) >= 11 is 3.26. The highest BCUT2D eigenvalue weighted by Gasteiger charge is 2.30. The predicted molar refractivity (Wildman–Crippen MR) is 82.0 cm³/mol. The first-order chi connectivity index (χ1) is 9.60. The molecule has 0 aromatic heterocycles. The van der Waals surface area contributed by atoms with Crippen LogP contribution in [0.15, 0.2) is 21.5 Å². The van der Waals surface area contributed by atoms with E-state index >= 15 is 0 Å². The summed E-state index contributed by atoms with van der Waals surface area (Å²) in [6, 6.07) is 1.76. The highest BCUT2D eigenvalue weighted by Crippen LogP contribution is 2.30. The molecule has 21 heavy (non-hydrogen) atoms. The van der Waals surface area contributed by atoms with Crippen molar-refractivity contribution >= 4 is 31.9 Å². The molecule has 0 unspecified atom stereocenters. The van der Waals surface area contributed by atoms with Gasteiger partial charge in [-0.05, 0) is 30.5 Å². The normalized spacial score (nSPS) is 13.2. The molecule has 0 aliphatic heterocycles. The largest absolute Gasteiger partial charge is 0.495 e. The Hall–Kier alpha value is -1.12. The van der Waals surface area contributed by atoms with Crippen LogP contribution in [0.25, 0.3) is 0 Å². The van der Waals surface area contributed by atoms with Crippen LogP contribution in [0.1, 0.15) is 19.4 Å². The number of benzene rings is 1. The second-order valence-electron chi connectivity index (χ2n) is 4.93. The van der Waals surface area contributed by atoms with Crippen LogP contribution in [0.3, 0.4) is 0 Å². The van der Waals surface area contributed by atoms with Gasteiger partial charge >= 0.3 is 5.97 Å². The van der Waals surface area contributed by atoms with Gasteiger partial charge in [-0.2, -0.15) is 4.72 Å². The number of hydrogen-bond acceptors (Lipinski definition) is 4. The van der Waals surface area contributed by atoms with E-state index in [0.29, 0.717) is 4.47 Å². The van der Waals surface area contributed by atoms with Gasteiger partial charge in [0.2, 0.25) is 10.0 Å². The molecule has 0 heterocycles. The summed E-state index contributed by atoms with van der Waals surface area (Å²) < 4.78 is 32.7. The topological polar surface area (TPSA) is 92.7 Å². The van der Waals surface area contributed by atoms with E-state index in [2.05, 4.69) is 20.7 Å². The molecule has 0 aliphatic carbocycles. The number of aliphatic carboxylic acids is 1. The van der Waals surface area contributed by atoms with E-state index in [9.17, 15) is 13.2 Å². The van der Waals surface area contributed by atoms with Gasteiger partial charge in [0.15, 0.2) is 0 Å². The molecule has 1 aromatic carbocycles. The molecule has 1 aromatic rings. The van der Waals surface area contributed by atoms with E-state index in [1.54, 1.807) is 26.8 Å². The third kappa shape index (κ3) is 4.18. The Morgan fingerprint density at radius 1 is 1.38 bits per heavy atom. The van der Waals surface area contributed by atoms with Crippen molar-refractivity contribution in [3.63, 3.8) is 0 Å². The zero-order valence-corrected chi connectivity index (χ0v) is 14.6. The maximum Gasteiger partial charge on any atom is 0.322 e. The molecule has 0 amide bonds. The zero-order valence-electron chi connectivity index (χ0n) is 12.2. The third-order valence-corrected chi connectivity index (χ3v) is 5.27. The highest BCUT2D eigenvalue weighted by molar-refractivity contribution is 9.10. The summed E-state index contributed by atoms with van der Waals surface area (Å²) in [5.41, 5.74) is 0.810. The molecule has 0 radical (unpaired) electrons. The minimum absolute atomic E-state index is 0.102. The van der Waals surface area contributed by atoms with E-state index in [1.165, 1.54) is 13.2 Å². The van der Waals surface area contributed by atoms with Gasteiger partial charge in [0.1, 0.15) is 16.7 Å². The van der Waals surface area contributed by atoms with Crippen molar-refractivity contribution in [2.24, 2.45) is 5.92 Å². The van der Waals surface area contributed by atoms with E-state index in [0.717, 1.165) is 5.56 Å². The number of carboxylic acids is 1. The Kier molecular flexibility index (Phi) is 5.77. The quantitative estimate of drug-likeness (QED) is 0.789. The minimum Gasteiger partial charge on any atom is -0.495 e. The average Bonchev–Trinajstić information content (AvgIpc) is 2.37. The van der Waals surface area contributed by atoms with Gasteiger partial charge < -0.3 is 9.84 Å². The second-order valence-corrected chi connectivity index (χ2v) is 7.47. The molecule has 8 heteroatoms. The number of aryl methyl sites for hydroxylation is 1. The lowest BCUT2D eigenvalue weighted by Gasteiger charge is -2.19. The summed E-state index contributed by atoms with van der Waals surface area (Å²) in [6.45, 7) is 5.05. The lowest BCUT2D eigenvalue weighted by atomic mass is 10.1. The summed E-state index contributed by atoms with van der Waals surface area (Å²) in [5.74, 6) is -1.45. The monoisotopic (exact) mass is 379 g/mol. The van der Waals surface area contributed by atoms with Crippen molar-refractivity contribution in [1.29, 1.82) is 0 Å². The minimum atomic E-state index is -4.02. The van der Waals surface area contributed by atoms with Crippen LogP contribution in [0.4, 0.5) is 0 Å². The Labute approximate surface area is 132 Å². The van der Waals surface area contributed by atoms with Crippen LogP contribution in [-0.4, -0.2) is 32.6 Å². The van der Waals surface area contributed by atoms with Crippen LogP contribution < -0.4 is 9.46 Å². The van der Waals surface area contributed by atoms with Gasteiger partial charge in [-0.25, -0.2) is 8.42 Å². The molecule has 6 nitrogen and oxygen atoms in total. The van der Waals surface area contributed by atoms with Crippen molar-refractivity contribution in [3.8, 4) is 5.75 Å². The molecular formula is C13H18BrNO5S. The molecule has 0 spiro atoms. The first kappa shape index (κ1) is 17.9. The fourth-order valence-corrected chi connectivity index (χ4v) is 3.72. The number of carbonyl (C=O) groups is 1. The molecule has 2 N–H and O–H groups in total. The van der Waals surface area contributed by atoms with Crippen LogP contribution >= 0.6 is 15.9 Å².